The summed E-state index contributed by atoms with van der Waals surface area (Å²) < 4.78 is 23.0. The fourth-order valence-electron chi connectivity index (χ4n) is 2.54. The summed E-state index contributed by atoms with van der Waals surface area (Å²) in [5, 5.41) is 3.30. The maximum absolute atomic E-state index is 11.5. The number of rotatable bonds is 1. The Hall–Kier alpha value is -0.130. The van der Waals surface area contributed by atoms with Crippen molar-refractivity contribution in [2.24, 2.45) is 0 Å². The zero-order chi connectivity index (χ0) is 10.3. The van der Waals surface area contributed by atoms with Crippen molar-refractivity contribution < 1.29 is 8.42 Å². The van der Waals surface area contributed by atoms with Gasteiger partial charge in [-0.2, -0.15) is 0 Å². The summed E-state index contributed by atoms with van der Waals surface area (Å²) >= 11 is 0. The molecule has 0 spiro atoms. The van der Waals surface area contributed by atoms with Crippen molar-refractivity contribution in [3.05, 3.63) is 0 Å². The van der Waals surface area contributed by atoms with Gasteiger partial charge in [0.05, 0.1) is 11.5 Å². The Morgan fingerprint density at radius 2 is 2.07 bits per heavy atom. The molecule has 2 saturated heterocycles. The van der Waals surface area contributed by atoms with E-state index in [1.54, 1.807) is 0 Å². The highest BCUT2D eigenvalue weighted by molar-refractivity contribution is 7.91. The molecule has 2 aliphatic heterocycles. The molecule has 0 amide bonds. The molecule has 2 fully saturated rings. The molecular formula is C9H18N2O2S. The van der Waals surface area contributed by atoms with E-state index in [9.17, 15) is 8.42 Å². The lowest BCUT2D eigenvalue weighted by Gasteiger charge is -2.39. The lowest BCUT2D eigenvalue weighted by atomic mass is 10.1. The van der Waals surface area contributed by atoms with Gasteiger partial charge in [0.2, 0.25) is 0 Å². The second-order valence-electron chi connectivity index (χ2n) is 4.54. The van der Waals surface area contributed by atoms with E-state index in [0.29, 0.717) is 17.5 Å². The Morgan fingerprint density at radius 1 is 1.36 bits per heavy atom. The van der Waals surface area contributed by atoms with E-state index in [0.717, 1.165) is 13.1 Å². The zero-order valence-electron chi connectivity index (χ0n) is 8.73. The Balaban J connectivity index is 2.18. The van der Waals surface area contributed by atoms with Crippen LogP contribution in [0.4, 0.5) is 0 Å². The number of hydrogen-bond acceptors (Lipinski definition) is 4. The molecule has 14 heavy (non-hydrogen) atoms. The van der Waals surface area contributed by atoms with E-state index in [1.807, 2.05) is 0 Å². The monoisotopic (exact) mass is 218 g/mol. The second kappa shape index (κ2) is 3.47. The van der Waals surface area contributed by atoms with Crippen molar-refractivity contribution in [3.63, 3.8) is 0 Å². The largest absolute Gasteiger partial charge is 0.310 e. The fourth-order valence-corrected chi connectivity index (χ4v) is 4.50. The zero-order valence-corrected chi connectivity index (χ0v) is 9.55. The van der Waals surface area contributed by atoms with Gasteiger partial charge in [-0.25, -0.2) is 8.42 Å². The van der Waals surface area contributed by atoms with Crippen molar-refractivity contribution >= 4 is 9.84 Å². The highest BCUT2D eigenvalue weighted by atomic mass is 32.2. The summed E-state index contributed by atoms with van der Waals surface area (Å²) in [6.07, 6.45) is 0. The van der Waals surface area contributed by atoms with Crippen LogP contribution in [0.25, 0.3) is 0 Å². The highest BCUT2D eigenvalue weighted by Crippen LogP contribution is 2.22. The first kappa shape index (κ1) is 10.4. The highest BCUT2D eigenvalue weighted by Gasteiger charge is 2.43. The number of nitrogens with zero attached hydrogens (tertiary/aromatic N) is 1. The van der Waals surface area contributed by atoms with Gasteiger partial charge in [-0.05, 0) is 13.8 Å². The summed E-state index contributed by atoms with van der Waals surface area (Å²) in [4.78, 5) is 2.31. The molecule has 0 aromatic heterocycles. The molecule has 4 nitrogen and oxygen atoms in total. The molecular weight excluding hydrogens is 200 g/mol. The van der Waals surface area contributed by atoms with Gasteiger partial charge in [0.15, 0.2) is 9.84 Å². The van der Waals surface area contributed by atoms with Crippen LogP contribution in [-0.4, -0.2) is 56.0 Å². The molecule has 2 unspecified atom stereocenters. The maximum Gasteiger partial charge on any atom is 0.153 e. The number of sulfone groups is 1. The fraction of sp³-hybridized carbons (Fsp3) is 1.00. The third-order valence-electron chi connectivity index (χ3n) is 3.19. The Morgan fingerprint density at radius 3 is 2.71 bits per heavy atom. The van der Waals surface area contributed by atoms with E-state index < -0.39 is 9.84 Å². The average Bonchev–Trinajstić information content (AvgIpc) is 2.36. The molecule has 2 atom stereocenters. The van der Waals surface area contributed by atoms with Crippen LogP contribution in [0, 0.1) is 0 Å². The predicted octanol–water partition coefficient (Wildman–Crippen LogP) is -0.534. The lowest BCUT2D eigenvalue weighted by Crippen LogP contribution is -2.59. The van der Waals surface area contributed by atoms with E-state index >= 15 is 0 Å². The second-order valence-corrected chi connectivity index (χ2v) is 6.69. The predicted molar refractivity (Wildman–Crippen MR) is 56.1 cm³/mol. The van der Waals surface area contributed by atoms with Gasteiger partial charge in [-0.15, -0.1) is 0 Å². The topological polar surface area (TPSA) is 49.4 Å². The molecule has 0 radical (unpaired) electrons. The summed E-state index contributed by atoms with van der Waals surface area (Å²) in [6.45, 7) is 6.14. The van der Waals surface area contributed by atoms with Crippen molar-refractivity contribution in [1.29, 1.82) is 0 Å². The molecule has 1 N–H and O–H groups in total. The van der Waals surface area contributed by atoms with Crippen LogP contribution >= 0.6 is 0 Å². The summed E-state index contributed by atoms with van der Waals surface area (Å²) in [5.41, 5.74) is 0. The first-order valence-corrected chi connectivity index (χ1v) is 7.01. The molecule has 82 valence electrons. The average molecular weight is 218 g/mol. The summed E-state index contributed by atoms with van der Waals surface area (Å²) in [5.74, 6) is 0.656. The van der Waals surface area contributed by atoms with Gasteiger partial charge in [0.1, 0.15) is 0 Å². The first-order chi connectivity index (χ1) is 6.49. The van der Waals surface area contributed by atoms with E-state index in [2.05, 4.69) is 24.1 Å². The molecule has 0 aromatic rings. The van der Waals surface area contributed by atoms with Crippen LogP contribution in [0.3, 0.4) is 0 Å². The molecule has 2 aliphatic rings. The Bertz CT molecular complexity index is 313. The van der Waals surface area contributed by atoms with E-state index in [-0.39, 0.29) is 12.1 Å². The maximum atomic E-state index is 11.5. The van der Waals surface area contributed by atoms with Gasteiger partial charge >= 0.3 is 0 Å². The van der Waals surface area contributed by atoms with Gasteiger partial charge in [0, 0.05) is 31.2 Å². The van der Waals surface area contributed by atoms with Gasteiger partial charge in [0.25, 0.3) is 0 Å². The smallest absolute Gasteiger partial charge is 0.153 e. The van der Waals surface area contributed by atoms with Crippen molar-refractivity contribution in [2.75, 3.05) is 24.6 Å². The molecule has 0 aromatic carbocycles. The van der Waals surface area contributed by atoms with Crippen LogP contribution in [-0.2, 0) is 9.84 Å². The van der Waals surface area contributed by atoms with Crippen LogP contribution < -0.4 is 5.32 Å². The number of fused-ring (bicyclic) bond motifs is 1. The molecule has 0 aliphatic carbocycles. The number of hydrogen-bond donors (Lipinski definition) is 1. The number of nitrogens with one attached hydrogen (secondary N) is 1. The minimum absolute atomic E-state index is 0.163. The molecule has 0 saturated carbocycles. The number of piperazine rings is 1. The minimum Gasteiger partial charge on any atom is -0.310 e. The van der Waals surface area contributed by atoms with Crippen molar-refractivity contribution in [2.45, 2.75) is 32.0 Å². The normalized spacial score (nSPS) is 37.4. The SMILES string of the molecule is CC(C)N1CCNC2CS(=O)(=O)CC21. The molecule has 0 bridgehead atoms. The Kier molecular flexibility index (Phi) is 2.57. The van der Waals surface area contributed by atoms with Crippen LogP contribution in [0.5, 0.6) is 0 Å². The Labute approximate surface area is 85.6 Å². The van der Waals surface area contributed by atoms with Crippen LogP contribution in [0.1, 0.15) is 13.8 Å². The van der Waals surface area contributed by atoms with E-state index in [1.165, 1.54) is 0 Å². The standard InChI is InChI=1S/C9H18N2O2S/c1-7(2)11-4-3-10-8-5-14(12,13)6-9(8)11/h7-10H,3-6H2,1-2H3. The minimum atomic E-state index is -2.80. The third-order valence-corrected chi connectivity index (χ3v) is 4.90. The van der Waals surface area contributed by atoms with Gasteiger partial charge in [-0.3, -0.25) is 4.90 Å². The van der Waals surface area contributed by atoms with Crippen LogP contribution in [0.2, 0.25) is 0 Å². The lowest BCUT2D eigenvalue weighted by molar-refractivity contribution is 0.114. The quantitative estimate of drug-likeness (QED) is 0.642. The third kappa shape index (κ3) is 1.81. The molecule has 2 rings (SSSR count). The summed E-state index contributed by atoms with van der Waals surface area (Å²) in [7, 11) is -2.80. The first-order valence-electron chi connectivity index (χ1n) is 5.19. The molecule has 5 heteroatoms. The van der Waals surface area contributed by atoms with Crippen LogP contribution in [0.15, 0.2) is 0 Å². The van der Waals surface area contributed by atoms with Crippen molar-refractivity contribution in [3.8, 4) is 0 Å². The van der Waals surface area contributed by atoms with Crippen molar-refractivity contribution in [1.82, 2.24) is 10.2 Å². The summed E-state index contributed by atoms with van der Waals surface area (Å²) in [6, 6.07) is 0.808. The van der Waals surface area contributed by atoms with E-state index in [4.69, 9.17) is 0 Å². The van der Waals surface area contributed by atoms with Gasteiger partial charge < -0.3 is 5.32 Å². The molecule has 2 heterocycles. The van der Waals surface area contributed by atoms with Gasteiger partial charge in [-0.1, -0.05) is 0 Å².